The Morgan fingerprint density at radius 3 is 1.62 bits per heavy atom. The summed E-state index contributed by atoms with van der Waals surface area (Å²) in [6.45, 7) is 3.96. The molecule has 0 radical (unpaired) electrons. The number of H-pyrrole nitrogens is 1. The van der Waals surface area contributed by atoms with Gasteiger partial charge in [0, 0.05) is 14.1 Å². The van der Waals surface area contributed by atoms with E-state index in [0.717, 1.165) is 22.8 Å². The van der Waals surface area contributed by atoms with Crippen molar-refractivity contribution in [2.45, 2.75) is 13.8 Å². The van der Waals surface area contributed by atoms with E-state index in [4.69, 9.17) is 20.2 Å². The number of nitrogens with one attached hydrogen (secondary N) is 1. The van der Waals surface area contributed by atoms with Crippen molar-refractivity contribution in [1.29, 1.82) is 0 Å². The minimum absolute atomic E-state index is 0.194. The van der Waals surface area contributed by atoms with Crippen molar-refractivity contribution < 1.29 is 13.1 Å². The third kappa shape index (κ3) is 5.17. The Morgan fingerprint density at radius 2 is 1.38 bits per heavy atom. The maximum absolute atomic E-state index is 4.76. The third-order valence-corrected chi connectivity index (χ3v) is 2.14. The molecule has 1 aromatic rings. The van der Waals surface area contributed by atoms with Crippen LogP contribution in [0.3, 0.4) is 0 Å². The Labute approximate surface area is 111 Å². The van der Waals surface area contributed by atoms with Gasteiger partial charge in [0.1, 0.15) is 0 Å². The third-order valence-electron chi connectivity index (χ3n) is 2.14. The van der Waals surface area contributed by atoms with Gasteiger partial charge in [-0.05, 0) is 26.0 Å². The second-order valence-corrected chi connectivity index (χ2v) is 4.78. The number of hydrogen-bond donors (Lipinski definition) is 1. The number of aliphatic imine (C=N–C) groups is 2. The zero-order chi connectivity index (χ0) is 12.6. The molecule has 1 aromatic heterocycles. The number of hydrogen-bond acceptors (Lipinski definition) is 2. The molecule has 0 bridgehead atoms. The number of halogens is 2. The quantitative estimate of drug-likeness (QED) is 0.643. The first-order valence-electron chi connectivity index (χ1n) is 4.52. The van der Waals surface area contributed by atoms with Crippen LogP contribution in [0.25, 0.3) is 0 Å². The summed E-state index contributed by atoms with van der Waals surface area (Å²) in [5.74, 6) is 0. The molecule has 3 nitrogen and oxygen atoms in total. The van der Waals surface area contributed by atoms with Crippen molar-refractivity contribution in [3.8, 4) is 0 Å². The van der Waals surface area contributed by atoms with E-state index in [-0.39, 0.29) is 13.1 Å². The SMILES string of the molecule is CN=C(C)c1ccc(C(C)=NC)[nH]1.[Cl][Fe][Cl]. The molecular weight excluding hydrogens is 289 g/mol. The summed E-state index contributed by atoms with van der Waals surface area (Å²) in [6.07, 6.45) is 0. The number of nitrogens with zero attached hydrogens (tertiary/aromatic N) is 2. The molecule has 0 aliphatic carbocycles. The van der Waals surface area contributed by atoms with Gasteiger partial charge >= 0.3 is 33.3 Å². The normalized spacial score (nSPS) is 12.4. The summed E-state index contributed by atoms with van der Waals surface area (Å²) in [5, 5.41) is 0. The molecule has 0 aromatic carbocycles. The molecule has 1 heterocycles. The van der Waals surface area contributed by atoms with Crippen LogP contribution in [0.5, 0.6) is 0 Å². The van der Waals surface area contributed by atoms with Crippen LogP contribution in [-0.4, -0.2) is 30.5 Å². The zero-order valence-electron chi connectivity index (χ0n) is 9.66. The monoisotopic (exact) mass is 303 g/mol. The summed E-state index contributed by atoms with van der Waals surface area (Å²) in [7, 11) is 13.1. The number of aromatic nitrogens is 1. The second-order valence-electron chi connectivity index (χ2n) is 2.95. The molecule has 6 heteroatoms. The van der Waals surface area contributed by atoms with Crippen molar-refractivity contribution in [2.75, 3.05) is 14.1 Å². The summed E-state index contributed by atoms with van der Waals surface area (Å²) in [6, 6.07) is 4.04. The summed E-state index contributed by atoms with van der Waals surface area (Å²) in [5.41, 5.74) is 4.13. The van der Waals surface area contributed by atoms with E-state index < -0.39 is 0 Å². The van der Waals surface area contributed by atoms with Gasteiger partial charge in [-0.1, -0.05) is 0 Å². The molecule has 16 heavy (non-hydrogen) atoms. The Morgan fingerprint density at radius 1 is 1.06 bits per heavy atom. The van der Waals surface area contributed by atoms with Gasteiger partial charge < -0.3 is 4.98 Å². The van der Waals surface area contributed by atoms with Gasteiger partial charge in [-0.15, -0.1) is 0 Å². The standard InChI is InChI=1S/C10H15N3.2ClH.Fe/c1-7(11-3)9-5-6-10(13-9)8(2)12-4;;;/h5-6,13H,1-4H3;2*1H;/q;;;+2/p-2. The first-order chi connectivity index (χ1) is 7.60. The molecular formula is C10H15Cl2FeN3. The van der Waals surface area contributed by atoms with E-state index in [2.05, 4.69) is 15.0 Å². The Hall–Kier alpha value is -0.281. The summed E-state index contributed by atoms with van der Waals surface area (Å²) in [4.78, 5) is 11.5. The van der Waals surface area contributed by atoms with Gasteiger partial charge in [-0.3, -0.25) is 9.98 Å². The van der Waals surface area contributed by atoms with Crippen LogP contribution in [0.15, 0.2) is 22.1 Å². The van der Waals surface area contributed by atoms with Crippen LogP contribution < -0.4 is 0 Å². The van der Waals surface area contributed by atoms with Gasteiger partial charge in [0.15, 0.2) is 0 Å². The number of aromatic amines is 1. The zero-order valence-corrected chi connectivity index (χ0v) is 12.3. The minimum atomic E-state index is 0.194. The fraction of sp³-hybridized carbons (Fsp3) is 0.400. The fourth-order valence-corrected chi connectivity index (χ4v) is 1.06. The Bertz CT molecular complexity index is 339. The molecule has 0 amide bonds. The molecule has 0 aliphatic rings. The van der Waals surface area contributed by atoms with Crippen LogP contribution >= 0.6 is 20.2 Å². The summed E-state index contributed by atoms with van der Waals surface area (Å²) >= 11 is 0.194. The Kier molecular flexibility index (Phi) is 8.67. The van der Waals surface area contributed by atoms with Crippen LogP contribution in [0.1, 0.15) is 25.2 Å². The topological polar surface area (TPSA) is 40.5 Å². The average molecular weight is 304 g/mol. The molecule has 1 N–H and O–H groups in total. The van der Waals surface area contributed by atoms with Crippen LogP contribution in [0.2, 0.25) is 0 Å². The molecule has 92 valence electrons. The van der Waals surface area contributed by atoms with Gasteiger partial charge in [-0.25, -0.2) is 0 Å². The predicted octanol–water partition coefficient (Wildman–Crippen LogP) is 3.27. The Balaban J connectivity index is 0.000000673. The van der Waals surface area contributed by atoms with Crippen molar-refractivity contribution >= 4 is 31.6 Å². The van der Waals surface area contributed by atoms with E-state index in [1.165, 1.54) is 0 Å². The van der Waals surface area contributed by atoms with Gasteiger partial charge in [-0.2, -0.15) is 0 Å². The van der Waals surface area contributed by atoms with E-state index in [9.17, 15) is 0 Å². The first kappa shape index (κ1) is 15.7. The molecule has 0 fully saturated rings. The summed E-state index contributed by atoms with van der Waals surface area (Å²) < 4.78 is 0. The second kappa shape index (κ2) is 8.82. The van der Waals surface area contributed by atoms with Crippen molar-refractivity contribution in [2.24, 2.45) is 9.98 Å². The molecule has 0 unspecified atom stereocenters. The van der Waals surface area contributed by atoms with Crippen molar-refractivity contribution in [1.82, 2.24) is 4.98 Å². The molecule has 0 saturated heterocycles. The van der Waals surface area contributed by atoms with Gasteiger partial charge in [0.2, 0.25) is 0 Å². The fourth-order valence-electron chi connectivity index (χ4n) is 1.06. The molecule has 0 aliphatic heterocycles. The van der Waals surface area contributed by atoms with Crippen LogP contribution in [0, 0.1) is 0 Å². The van der Waals surface area contributed by atoms with Crippen molar-refractivity contribution in [3.63, 3.8) is 0 Å². The van der Waals surface area contributed by atoms with E-state index in [0.29, 0.717) is 0 Å². The van der Waals surface area contributed by atoms with Crippen LogP contribution in [-0.2, 0) is 13.1 Å². The molecule has 0 atom stereocenters. The van der Waals surface area contributed by atoms with E-state index in [1.807, 2.05) is 26.0 Å². The molecule has 1 rings (SSSR count). The molecule has 0 spiro atoms. The molecule has 0 saturated carbocycles. The first-order valence-corrected chi connectivity index (χ1v) is 7.56. The van der Waals surface area contributed by atoms with Crippen molar-refractivity contribution in [3.05, 3.63) is 23.5 Å². The predicted molar refractivity (Wildman–Crippen MR) is 68.8 cm³/mol. The average Bonchev–Trinajstić information content (AvgIpc) is 2.77. The van der Waals surface area contributed by atoms with Crippen LogP contribution in [0.4, 0.5) is 0 Å². The van der Waals surface area contributed by atoms with Gasteiger partial charge in [0.25, 0.3) is 0 Å². The van der Waals surface area contributed by atoms with E-state index in [1.54, 1.807) is 14.1 Å². The maximum atomic E-state index is 4.76. The number of rotatable bonds is 2. The van der Waals surface area contributed by atoms with Gasteiger partial charge in [0.05, 0.1) is 22.8 Å². The van der Waals surface area contributed by atoms with E-state index >= 15 is 0 Å².